The van der Waals surface area contributed by atoms with E-state index in [-0.39, 0.29) is 0 Å². The quantitative estimate of drug-likeness (QED) is 0.361. The predicted octanol–water partition coefficient (Wildman–Crippen LogP) is -0.678. The Bertz CT molecular complexity index is 88.6. The van der Waals surface area contributed by atoms with Crippen LogP contribution in [0.15, 0.2) is 0 Å². The molecular formula is C4H12N2O2S. The molecule has 1 unspecified atom stereocenters. The number of nitrogens with one attached hydrogen (secondary N) is 2. The Morgan fingerprint density at radius 1 is 1.56 bits per heavy atom. The first-order chi connectivity index (χ1) is 4.27. The highest BCUT2D eigenvalue weighted by Crippen LogP contribution is 1.71. The van der Waals surface area contributed by atoms with Crippen LogP contribution in [0.3, 0.4) is 0 Å². The molecule has 9 heavy (non-hydrogen) atoms. The normalized spacial score (nSPS) is 13.6. The molecule has 0 rings (SSSR count). The van der Waals surface area contributed by atoms with Gasteiger partial charge in [0.2, 0.25) is 11.3 Å². The highest BCUT2D eigenvalue weighted by Gasteiger charge is 1.88. The molecule has 0 heterocycles. The SMILES string of the molecule is CNCCCNS(=O)O. The van der Waals surface area contributed by atoms with Crippen molar-refractivity contribution in [3.63, 3.8) is 0 Å². The fraction of sp³-hybridized carbons (Fsp3) is 1.00. The van der Waals surface area contributed by atoms with E-state index in [0.29, 0.717) is 6.54 Å². The lowest BCUT2D eigenvalue weighted by Crippen LogP contribution is -2.21. The van der Waals surface area contributed by atoms with Crippen LogP contribution in [0.1, 0.15) is 6.42 Å². The van der Waals surface area contributed by atoms with Crippen molar-refractivity contribution in [2.45, 2.75) is 6.42 Å². The Kier molecular flexibility index (Phi) is 6.18. The Morgan fingerprint density at radius 3 is 2.67 bits per heavy atom. The molecule has 3 N–H and O–H groups in total. The van der Waals surface area contributed by atoms with Crippen LogP contribution in [0.5, 0.6) is 0 Å². The van der Waals surface area contributed by atoms with Gasteiger partial charge < -0.3 is 5.32 Å². The van der Waals surface area contributed by atoms with Crippen molar-refractivity contribution in [1.29, 1.82) is 0 Å². The molecule has 0 aliphatic rings. The van der Waals surface area contributed by atoms with E-state index in [0.717, 1.165) is 13.0 Å². The third kappa shape index (κ3) is 8.03. The van der Waals surface area contributed by atoms with Gasteiger partial charge in [-0.2, -0.15) is 0 Å². The van der Waals surface area contributed by atoms with Gasteiger partial charge in [-0.25, -0.2) is 8.93 Å². The summed E-state index contributed by atoms with van der Waals surface area (Å²) in [6.45, 7) is 1.44. The largest absolute Gasteiger partial charge is 0.320 e. The summed E-state index contributed by atoms with van der Waals surface area (Å²) in [4.78, 5) is 0. The van der Waals surface area contributed by atoms with Gasteiger partial charge >= 0.3 is 0 Å². The minimum atomic E-state index is -1.85. The summed E-state index contributed by atoms with van der Waals surface area (Å²) in [7, 11) is 1.84. The predicted molar refractivity (Wildman–Crippen MR) is 37.3 cm³/mol. The summed E-state index contributed by atoms with van der Waals surface area (Å²) in [6.07, 6.45) is 0.864. The van der Waals surface area contributed by atoms with Gasteiger partial charge in [-0.3, -0.25) is 4.55 Å². The molecule has 0 aromatic rings. The van der Waals surface area contributed by atoms with E-state index in [4.69, 9.17) is 4.55 Å². The Labute approximate surface area is 57.4 Å². The highest BCUT2D eigenvalue weighted by molar-refractivity contribution is 7.77. The molecule has 0 fully saturated rings. The number of rotatable bonds is 5. The minimum absolute atomic E-state index is 0.573. The zero-order valence-electron chi connectivity index (χ0n) is 5.39. The third-order valence-corrected chi connectivity index (χ3v) is 1.28. The second kappa shape index (κ2) is 6.15. The maximum Gasteiger partial charge on any atom is 0.231 e. The van der Waals surface area contributed by atoms with Gasteiger partial charge in [0.1, 0.15) is 0 Å². The van der Waals surface area contributed by atoms with E-state index in [1.54, 1.807) is 0 Å². The van der Waals surface area contributed by atoms with Gasteiger partial charge in [0, 0.05) is 6.54 Å². The highest BCUT2D eigenvalue weighted by atomic mass is 32.2. The molecule has 0 amide bonds. The van der Waals surface area contributed by atoms with Crippen LogP contribution in [0.25, 0.3) is 0 Å². The van der Waals surface area contributed by atoms with Crippen molar-refractivity contribution >= 4 is 11.3 Å². The Morgan fingerprint density at radius 2 is 2.22 bits per heavy atom. The molecule has 4 nitrogen and oxygen atoms in total. The molecule has 0 bridgehead atoms. The first kappa shape index (κ1) is 9.03. The van der Waals surface area contributed by atoms with Gasteiger partial charge in [-0.15, -0.1) is 0 Å². The summed E-state index contributed by atoms with van der Waals surface area (Å²) in [5.41, 5.74) is 0. The molecule has 0 aromatic carbocycles. The zero-order chi connectivity index (χ0) is 7.11. The van der Waals surface area contributed by atoms with E-state index in [2.05, 4.69) is 10.0 Å². The fourth-order valence-electron chi connectivity index (χ4n) is 0.425. The van der Waals surface area contributed by atoms with E-state index in [9.17, 15) is 4.21 Å². The lowest BCUT2D eigenvalue weighted by molar-refractivity contribution is 0.546. The monoisotopic (exact) mass is 152 g/mol. The second-order valence-corrected chi connectivity index (χ2v) is 2.39. The van der Waals surface area contributed by atoms with Crippen LogP contribution in [0.4, 0.5) is 0 Å². The number of hydrogen-bond donors (Lipinski definition) is 3. The molecule has 0 aromatic heterocycles. The van der Waals surface area contributed by atoms with Crippen molar-refractivity contribution in [3.8, 4) is 0 Å². The number of hydrogen-bond acceptors (Lipinski definition) is 2. The molecule has 0 aliphatic carbocycles. The second-order valence-electron chi connectivity index (χ2n) is 1.60. The summed E-state index contributed by atoms with van der Waals surface area (Å²) < 4.78 is 20.5. The molecule has 5 heteroatoms. The lowest BCUT2D eigenvalue weighted by atomic mass is 10.4. The third-order valence-electron chi connectivity index (χ3n) is 0.829. The Hall–Kier alpha value is 0.0300. The van der Waals surface area contributed by atoms with Gasteiger partial charge in [0.25, 0.3) is 0 Å². The first-order valence-corrected chi connectivity index (χ1v) is 3.87. The van der Waals surface area contributed by atoms with E-state index in [1.807, 2.05) is 7.05 Å². The van der Waals surface area contributed by atoms with Crippen LogP contribution in [-0.4, -0.2) is 28.9 Å². The summed E-state index contributed by atoms with van der Waals surface area (Å²) in [6, 6.07) is 0. The summed E-state index contributed by atoms with van der Waals surface area (Å²) in [5, 5.41) is 2.92. The molecule has 1 atom stereocenters. The minimum Gasteiger partial charge on any atom is -0.320 e. The average molecular weight is 152 g/mol. The smallest absolute Gasteiger partial charge is 0.231 e. The molecule has 0 spiro atoms. The first-order valence-electron chi connectivity index (χ1n) is 2.76. The van der Waals surface area contributed by atoms with Crippen molar-refractivity contribution in [1.82, 2.24) is 10.0 Å². The summed E-state index contributed by atoms with van der Waals surface area (Å²) >= 11 is -1.85. The molecule has 56 valence electrons. The van der Waals surface area contributed by atoms with Crippen molar-refractivity contribution in [2.24, 2.45) is 0 Å². The molecule has 0 saturated carbocycles. The van der Waals surface area contributed by atoms with Crippen molar-refractivity contribution in [2.75, 3.05) is 20.1 Å². The molecule has 0 aliphatic heterocycles. The van der Waals surface area contributed by atoms with Crippen molar-refractivity contribution in [3.05, 3.63) is 0 Å². The van der Waals surface area contributed by atoms with Crippen LogP contribution >= 0.6 is 0 Å². The maximum absolute atomic E-state index is 9.94. The van der Waals surface area contributed by atoms with Crippen LogP contribution in [0.2, 0.25) is 0 Å². The standard InChI is InChI=1S/C4H12N2O2S/c1-5-3-2-4-6-9(7)8/h5-6H,2-4H2,1H3,(H,7,8). The van der Waals surface area contributed by atoms with E-state index in [1.165, 1.54) is 0 Å². The van der Waals surface area contributed by atoms with E-state index < -0.39 is 11.3 Å². The average Bonchev–Trinajstić information content (AvgIpc) is 1.80. The van der Waals surface area contributed by atoms with Gasteiger partial charge in [0.15, 0.2) is 0 Å². The van der Waals surface area contributed by atoms with Gasteiger partial charge in [0.05, 0.1) is 0 Å². The molecular weight excluding hydrogens is 140 g/mol. The van der Waals surface area contributed by atoms with Crippen LogP contribution in [0, 0.1) is 0 Å². The molecule has 0 saturated heterocycles. The van der Waals surface area contributed by atoms with Crippen LogP contribution < -0.4 is 10.0 Å². The summed E-state index contributed by atoms with van der Waals surface area (Å²) in [5.74, 6) is 0. The topological polar surface area (TPSA) is 61.4 Å². The maximum atomic E-state index is 9.94. The molecule has 0 radical (unpaired) electrons. The van der Waals surface area contributed by atoms with E-state index >= 15 is 0 Å². The Balaban J connectivity index is 2.83. The van der Waals surface area contributed by atoms with Crippen molar-refractivity contribution < 1.29 is 8.76 Å². The lowest BCUT2D eigenvalue weighted by Gasteiger charge is -1.97. The van der Waals surface area contributed by atoms with Gasteiger partial charge in [-0.05, 0) is 20.0 Å². The van der Waals surface area contributed by atoms with Crippen LogP contribution in [-0.2, 0) is 11.3 Å². The fourth-order valence-corrected chi connectivity index (χ4v) is 0.744. The van der Waals surface area contributed by atoms with Gasteiger partial charge in [-0.1, -0.05) is 0 Å². The zero-order valence-corrected chi connectivity index (χ0v) is 6.20.